The molecule has 7 heteroatoms. The number of nitrogens with zero attached hydrogens (tertiary/aromatic N) is 1. The number of cyclic esters (lactones) is 1. The van der Waals surface area contributed by atoms with E-state index in [2.05, 4.69) is 0 Å². The van der Waals surface area contributed by atoms with Crippen molar-refractivity contribution < 1.29 is 40.2 Å². The molecule has 3 fully saturated rings. The summed E-state index contributed by atoms with van der Waals surface area (Å²) in [7, 11) is 0. The molecule has 0 aromatic rings. The number of carbonyl (C=O) groups is 2. The number of hydrogen-bond donors (Lipinski definition) is 2. The predicted molar refractivity (Wildman–Crippen MR) is 88.5 cm³/mol. The molecule has 6 atom stereocenters. The zero-order chi connectivity index (χ0) is 25.1. The van der Waals surface area contributed by atoms with Crippen LogP contribution >= 0.6 is 0 Å². The Morgan fingerprint density at radius 3 is 3.04 bits per heavy atom. The van der Waals surface area contributed by atoms with Crippen LogP contribution in [-0.2, 0) is 19.1 Å². The molecule has 0 aromatic carbocycles. The maximum absolute atomic E-state index is 13.1. The Hall–Kier alpha value is -1.44. The molecule has 3 aliphatic heterocycles. The van der Waals surface area contributed by atoms with Gasteiger partial charge in [-0.3, -0.25) is 4.90 Å². The minimum atomic E-state index is -3.40. The molecule has 0 amide bonds. The molecule has 0 unspecified atom stereocenters. The predicted octanol–water partition coefficient (Wildman–Crippen LogP) is 0.244. The zero-order valence-electron chi connectivity index (χ0n) is 21.8. The van der Waals surface area contributed by atoms with Gasteiger partial charge in [0.25, 0.3) is 0 Å². The Balaban J connectivity index is 2.17. The summed E-state index contributed by atoms with van der Waals surface area (Å²) in [6.45, 7) is -5.59. The summed E-state index contributed by atoms with van der Waals surface area (Å²) in [6, 6.07) is -1.81. The highest BCUT2D eigenvalue weighted by atomic mass is 16.6. The second-order valence-electron chi connectivity index (χ2n) is 6.88. The lowest BCUT2D eigenvalue weighted by Gasteiger charge is -2.32. The van der Waals surface area contributed by atoms with Crippen molar-refractivity contribution in [1.29, 1.82) is 0 Å². The summed E-state index contributed by atoms with van der Waals surface area (Å²) in [5, 5.41) is 21.4. The standard InChI is InChI=1S/C18H27NO6/c1-4-11-7-10(2)18(3,23)17(22)24-9-12-13(20)8-19-6-5-14(15(12)19)25-16(11)21/h4,10,12-15,20,23H,5-9H2,1-3H3/b11-4-/t10-,12+,13-,14-,15-,18-/m1/s1/i1D3,2D3,4D,10D. The first kappa shape index (κ1) is 10.6. The lowest BCUT2D eigenvalue weighted by molar-refractivity contribution is -0.173. The summed E-state index contributed by atoms with van der Waals surface area (Å²) in [4.78, 5) is 27.7. The third-order valence-corrected chi connectivity index (χ3v) is 5.26. The van der Waals surface area contributed by atoms with Gasteiger partial charge < -0.3 is 19.7 Å². The van der Waals surface area contributed by atoms with Crippen molar-refractivity contribution in [3.63, 3.8) is 0 Å². The first-order valence-electron chi connectivity index (χ1n) is 12.1. The molecule has 140 valence electrons. The van der Waals surface area contributed by atoms with Crippen LogP contribution in [0.1, 0.15) is 44.4 Å². The largest absolute Gasteiger partial charge is 0.463 e. The third-order valence-electron chi connectivity index (χ3n) is 5.26. The fourth-order valence-electron chi connectivity index (χ4n) is 3.71. The van der Waals surface area contributed by atoms with Crippen molar-refractivity contribution in [2.45, 2.75) is 57.3 Å². The first-order valence-corrected chi connectivity index (χ1v) is 8.15. The monoisotopic (exact) mass is 361 g/mol. The van der Waals surface area contributed by atoms with Crippen LogP contribution in [0.15, 0.2) is 11.6 Å². The van der Waals surface area contributed by atoms with Gasteiger partial charge in [0.1, 0.15) is 6.10 Å². The fourth-order valence-corrected chi connectivity index (χ4v) is 3.71. The van der Waals surface area contributed by atoms with E-state index in [4.69, 9.17) is 20.4 Å². The van der Waals surface area contributed by atoms with Crippen molar-refractivity contribution in [3.8, 4) is 0 Å². The molecule has 0 radical (unpaired) electrons. The second kappa shape index (κ2) is 6.70. The highest BCUT2D eigenvalue weighted by Gasteiger charge is 2.51. The molecule has 0 aromatic heterocycles. The molecule has 3 aliphatic rings. The number of aliphatic hydroxyl groups is 2. The number of aliphatic hydroxyl groups excluding tert-OH is 1. The van der Waals surface area contributed by atoms with Gasteiger partial charge >= 0.3 is 11.9 Å². The molecular weight excluding hydrogens is 326 g/mol. The highest BCUT2D eigenvalue weighted by molar-refractivity contribution is 5.89. The lowest BCUT2D eigenvalue weighted by Crippen LogP contribution is -2.47. The summed E-state index contributed by atoms with van der Waals surface area (Å²) >= 11 is 0. The zero-order valence-corrected chi connectivity index (χ0v) is 13.8. The van der Waals surface area contributed by atoms with Gasteiger partial charge in [0.15, 0.2) is 5.60 Å². The average Bonchev–Trinajstić information content (AvgIpc) is 3.19. The highest BCUT2D eigenvalue weighted by Crippen LogP contribution is 2.37. The number of ether oxygens (including phenoxy) is 2. The number of allylic oxidation sites excluding steroid dienone is 1. The van der Waals surface area contributed by atoms with Gasteiger partial charge in [0.2, 0.25) is 0 Å². The third kappa shape index (κ3) is 3.20. The smallest absolute Gasteiger partial charge is 0.338 e. The van der Waals surface area contributed by atoms with E-state index in [1.165, 1.54) is 0 Å². The molecule has 7 nitrogen and oxygen atoms in total. The number of esters is 2. The van der Waals surface area contributed by atoms with Gasteiger partial charge in [-0.1, -0.05) is 12.9 Å². The molecule has 3 saturated heterocycles. The Morgan fingerprint density at radius 1 is 1.52 bits per heavy atom. The van der Waals surface area contributed by atoms with Crippen LogP contribution in [0.5, 0.6) is 0 Å². The Morgan fingerprint density at radius 2 is 2.32 bits per heavy atom. The summed E-state index contributed by atoms with van der Waals surface area (Å²) in [6.07, 6.45) is -2.75. The lowest BCUT2D eigenvalue weighted by atomic mass is 9.85. The molecule has 0 bridgehead atoms. The normalized spacial score (nSPS) is 53.7. The molecular formula is C18H27NO6. The quantitative estimate of drug-likeness (QED) is 0.471. The van der Waals surface area contributed by atoms with Crippen LogP contribution in [0.25, 0.3) is 0 Å². The van der Waals surface area contributed by atoms with E-state index in [0.717, 1.165) is 6.92 Å². The maximum atomic E-state index is 13.1. The summed E-state index contributed by atoms with van der Waals surface area (Å²) in [5.41, 5.74) is -3.97. The minimum absolute atomic E-state index is 0.205. The van der Waals surface area contributed by atoms with E-state index >= 15 is 0 Å². The van der Waals surface area contributed by atoms with Crippen molar-refractivity contribution in [2.24, 2.45) is 11.8 Å². The van der Waals surface area contributed by atoms with Crippen LogP contribution in [0, 0.1) is 11.8 Å². The van der Waals surface area contributed by atoms with E-state index < -0.39 is 86.0 Å². The number of carbonyl (C=O) groups excluding carboxylic acids is 2. The Labute approximate surface area is 158 Å². The van der Waals surface area contributed by atoms with Crippen molar-refractivity contribution in [2.75, 3.05) is 19.7 Å². The van der Waals surface area contributed by atoms with E-state index in [1.54, 1.807) is 0 Å². The van der Waals surface area contributed by atoms with Crippen LogP contribution in [0.4, 0.5) is 0 Å². The van der Waals surface area contributed by atoms with Crippen LogP contribution < -0.4 is 0 Å². The van der Waals surface area contributed by atoms with Crippen molar-refractivity contribution in [1.82, 2.24) is 4.90 Å². The van der Waals surface area contributed by atoms with Gasteiger partial charge in [0.05, 0.1) is 20.1 Å². The van der Waals surface area contributed by atoms with E-state index in [1.807, 2.05) is 4.90 Å². The molecule has 0 spiro atoms. The van der Waals surface area contributed by atoms with Gasteiger partial charge in [-0.05, 0) is 32.5 Å². The topological polar surface area (TPSA) is 96.3 Å². The average molecular weight is 361 g/mol. The number of hydrogen-bond acceptors (Lipinski definition) is 7. The van der Waals surface area contributed by atoms with Crippen LogP contribution in [0.2, 0.25) is 0 Å². The van der Waals surface area contributed by atoms with Gasteiger partial charge in [-0.25, -0.2) is 9.59 Å². The molecule has 2 N–H and O–H groups in total. The molecule has 0 aliphatic carbocycles. The molecule has 0 saturated carbocycles. The molecule has 25 heavy (non-hydrogen) atoms. The minimum Gasteiger partial charge on any atom is -0.463 e. The summed E-state index contributed by atoms with van der Waals surface area (Å²) < 4.78 is 73.2. The van der Waals surface area contributed by atoms with Gasteiger partial charge in [-0.2, -0.15) is 0 Å². The number of rotatable bonds is 0. The fraction of sp³-hybridized carbons (Fsp3) is 0.778. The van der Waals surface area contributed by atoms with E-state index in [-0.39, 0.29) is 6.54 Å². The van der Waals surface area contributed by atoms with Gasteiger partial charge in [-0.15, -0.1) is 0 Å². The van der Waals surface area contributed by atoms with Crippen molar-refractivity contribution >= 4 is 11.9 Å². The maximum Gasteiger partial charge on any atom is 0.338 e. The SMILES string of the molecule is [2H]/C(=C1\C[C@@]([2H])(C([2H])([2H])[2H])[C@@](C)(O)C(=O)OC[C@@H]2[C@@H]3[C@@H](CCN3C[C@H]2O)OC1=O)C([2H])([2H])[2H]. The molecule has 3 heterocycles. The Bertz CT molecular complexity index is 856. The molecule has 3 rings (SSSR count). The van der Waals surface area contributed by atoms with Crippen LogP contribution in [-0.4, -0.2) is 70.6 Å². The van der Waals surface area contributed by atoms with Crippen LogP contribution in [0.3, 0.4) is 0 Å². The first-order chi connectivity index (χ1) is 14.9. The second-order valence-corrected chi connectivity index (χ2v) is 6.88. The van der Waals surface area contributed by atoms with Crippen molar-refractivity contribution in [3.05, 3.63) is 11.6 Å². The van der Waals surface area contributed by atoms with E-state index in [0.29, 0.717) is 13.0 Å². The Kier molecular flexibility index (Phi) is 2.85. The summed E-state index contributed by atoms with van der Waals surface area (Å²) in [5.74, 6) is -6.67. The van der Waals surface area contributed by atoms with Gasteiger partial charge in [0, 0.05) is 34.2 Å². The van der Waals surface area contributed by atoms with E-state index in [9.17, 15) is 19.8 Å².